The summed E-state index contributed by atoms with van der Waals surface area (Å²) >= 11 is 1.65. The molecule has 0 aromatic heterocycles. The van der Waals surface area contributed by atoms with E-state index in [1.807, 2.05) is 36.6 Å². The van der Waals surface area contributed by atoms with Gasteiger partial charge in [-0.2, -0.15) is 0 Å². The van der Waals surface area contributed by atoms with Gasteiger partial charge in [0.05, 0.1) is 19.8 Å². The summed E-state index contributed by atoms with van der Waals surface area (Å²) in [6.45, 7) is 3.12. The minimum Gasteiger partial charge on any atom is -0.490 e. The SMILES string of the molecule is CSc1ccc(CN2C(=O)NC(C)(c3ccc4c(c3)OCCCO4)C2=O)cc1. The Morgan fingerprint density at radius 2 is 1.79 bits per heavy atom. The molecule has 3 amide bonds. The van der Waals surface area contributed by atoms with Gasteiger partial charge in [0, 0.05) is 11.3 Å². The van der Waals surface area contributed by atoms with Crippen LogP contribution in [0.3, 0.4) is 0 Å². The van der Waals surface area contributed by atoms with Crippen LogP contribution in [-0.2, 0) is 16.9 Å². The van der Waals surface area contributed by atoms with Gasteiger partial charge in [-0.25, -0.2) is 4.79 Å². The summed E-state index contributed by atoms with van der Waals surface area (Å²) < 4.78 is 11.4. The van der Waals surface area contributed by atoms with E-state index in [9.17, 15) is 9.59 Å². The Morgan fingerprint density at radius 1 is 1.07 bits per heavy atom. The van der Waals surface area contributed by atoms with Gasteiger partial charge >= 0.3 is 6.03 Å². The van der Waals surface area contributed by atoms with Crippen LogP contribution in [0.4, 0.5) is 4.79 Å². The molecule has 0 bridgehead atoms. The normalized spacial score (nSPS) is 21.4. The lowest BCUT2D eigenvalue weighted by Crippen LogP contribution is -2.40. The number of fused-ring (bicyclic) bond motifs is 1. The number of imide groups is 1. The van der Waals surface area contributed by atoms with Crippen LogP contribution in [0.2, 0.25) is 0 Å². The fraction of sp³-hybridized carbons (Fsp3) is 0.333. The summed E-state index contributed by atoms with van der Waals surface area (Å²) in [7, 11) is 0. The molecule has 0 radical (unpaired) electrons. The van der Waals surface area contributed by atoms with E-state index >= 15 is 0 Å². The van der Waals surface area contributed by atoms with Crippen LogP contribution in [0, 0.1) is 0 Å². The molecule has 146 valence electrons. The van der Waals surface area contributed by atoms with Crippen molar-refractivity contribution in [2.75, 3.05) is 19.5 Å². The smallest absolute Gasteiger partial charge is 0.325 e. The van der Waals surface area contributed by atoms with Gasteiger partial charge in [-0.15, -0.1) is 11.8 Å². The summed E-state index contributed by atoms with van der Waals surface area (Å²) in [4.78, 5) is 28.1. The summed E-state index contributed by atoms with van der Waals surface area (Å²) in [6, 6.07) is 12.9. The zero-order chi connectivity index (χ0) is 19.7. The van der Waals surface area contributed by atoms with Gasteiger partial charge in [0.15, 0.2) is 11.5 Å². The van der Waals surface area contributed by atoms with Crippen molar-refractivity contribution in [2.24, 2.45) is 0 Å². The van der Waals surface area contributed by atoms with Gasteiger partial charge in [0.25, 0.3) is 5.91 Å². The fourth-order valence-corrected chi connectivity index (χ4v) is 3.83. The average Bonchev–Trinajstić information content (AvgIpc) is 2.88. The second-order valence-electron chi connectivity index (χ2n) is 7.01. The van der Waals surface area contributed by atoms with Crippen molar-refractivity contribution in [3.63, 3.8) is 0 Å². The van der Waals surface area contributed by atoms with Crippen molar-refractivity contribution >= 4 is 23.7 Å². The molecule has 1 unspecified atom stereocenters. The number of amides is 3. The number of hydrogen-bond donors (Lipinski definition) is 1. The van der Waals surface area contributed by atoms with E-state index in [4.69, 9.17) is 9.47 Å². The second kappa shape index (κ2) is 7.39. The number of carbonyl (C=O) groups is 2. The van der Waals surface area contributed by atoms with E-state index in [0.29, 0.717) is 30.3 Å². The van der Waals surface area contributed by atoms with Crippen LogP contribution >= 0.6 is 11.8 Å². The molecule has 1 fully saturated rings. The van der Waals surface area contributed by atoms with Crippen LogP contribution < -0.4 is 14.8 Å². The van der Waals surface area contributed by atoms with Gasteiger partial charge < -0.3 is 14.8 Å². The van der Waals surface area contributed by atoms with Crippen LogP contribution in [0.25, 0.3) is 0 Å². The predicted octanol–water partition coefficient (Wildman–Crippen LogP) is 3.54. The highest BCUT2D eigenvalue weighted by Crippen LogP contribution is 2.37. The first-order valence-electron chi connectivity index (χ1n) is 9.18. The highest BCUT2D eigenvalue weighted by atomic mass is 32.2. The zero-order valence-corrected chi connectivity index (χ0v) is 16.7. The fourth-order valence-electron chi connectivity index (χ4n) is 3.42. The molecule has 0 aliphatic carbocycles. The number of carbonyl (C=O) groups excluding carboxylic acids is 2. The van der Waals surface area contributed by atoms with Crippen molar-refractivity contribution in [3.05, 3.63) is 53.6 Å². The van der Waals surface area contributed by atoms with E-state index < -0.39 is 11.6 Å². The zero-order valence-electron chi connectivity index (χ0n) is 15.9. The maximum atomic E-state index is 13.2. The molecule has 0 spiro atoms. The van der Waals surface area contributed by atoms with E-state index in [2.05, 4.69) is 5.32 Å². The lowest BCUT2D eigenvalue weighted by molar-refractivity contribution is -0.131. The molecule has 2 aromatic rings. The predicted molar refractivity (Wildman–Crippen MR) is 107 cm³/mol. The molecule has 2 aliphatic heterocycles. The van der Waals surface area contributed by atoms with E-state index in [1.54, 1.807) is 30.8 Å². The topological polar surface area (TPSA) is 67.9 Å². The van der Waals surface area contributed by atoms with E-state index in [0.717, 1.165) is 16.9 Å². The largest absolute Gasteiger partial charge is 0.490 e. The third kappa shape index (κ3) is 3.30. The Morgan fingerprint density at radius 3 is 2.50 bits per heavy atom. The molecule has 1 saturated heterocycles. The van der Waals surface area contributed by atoms with Crippen molar-refractivity contribution < 1.29 is 19.1 Å². The summed E-state index contributed by atoms with van der Waals surface area (Å²) in [6.07, 6.45) is 2.81. The molecule has 7 heteroatoms. The standard InChI is InChI=1S/C21H22N2O4S/c1-21(15-6-9-17-18(12-15)27-11-3-10-26-17)19(24)23(20(25)22-21)13-14-4-7-16(28-2)8-5-14/h4-9,12H,3,10-11,13H2,1-2H3,(H,22,25). The number of hydrogen-bond acceptors (Lipinski definition) is 5. The number of urea groups is 1. The van der Waals surface area contributed by atoms with Crippen LogP contribution in [-0.4, -0.2) is 36.3 Å². The molecular weight excluding hydrogens is 376 g/mol. The highest BCUT2D eigenvalue weighted by Gasteiger charge is 2.49. The Kier molecular flexibility index (Phi) is 4.93. The van der Waals surface area contributed by atoms with Crippen molar-refractivity contribution in [1.29, 1.82) is 0 Å². The van der Waals surface area contributed by atoms with Gasteiger partial charge in [0.2, 0.25) is 0 Å². The molecule has 2 aromatic carbocycles. The average molecular weight is 398 g/mol. The second-order valence-corrected chi connectivity index (χ2v) is 7.89. The first-order chi connectivity index (χ1) is 13.5. The summed E-state index contributed by atoms with van der Waals surface area (Å²) in [5.74, 6) is 0.984. The van der Waals surface area contributed by atoms with Crippen molar-refractivity contribution in [2.45, 2.75) is 30.3 Å². The first kappa shape index (κ1) is 18.7. The van der Waals surface area contributed by atoms with Gasteiger partial charge in [-0.05, 0) is 48.6 Å². The molecule has 28 heavy (non-hydrogen) atoms. The molecule has 1 atom stereocenters. The molecule has 1 N–H and O–H groups in total. The molecule has 0 saturated carbocycles. The quantitative estimate of drug-likeness (QED) is 0.630. The van der Waals surface area contributed by atoms with Crippen molar-refractivity contribution in [1.82, 2.24) is 10.2 Å². The van der Waals surface area contributed by atoms with Gasteiger partial charge in [-0.1, -0.05) is 18.2 Å². The van der Waals surface area contributed by atoms with Crippen molar-refractivity contribution in [3.8, 4) is 11.5 Å². The number of benzene rings is 2. The number of nitrogens with one attached hydrogen (secondary N) is 1. The molecule has 6 nitrogen and oxygen atoms in total. The number of nitrogens with zero attached hydrogens (tertiary/aromatic N) is 1. The van der Waals surface area contributed by atoms with Gasteiger partial charge in [-0.3, -0.25) is 9.69 Å². The Balaban J connectivity index is 1.59. The highest BCUT2D eigenvalue weighted by molar-refractivity contribution is 7.98. The summed E-state index contributed by atoms with van der Waals surface area (Å²) in [5.41, 5.74) is 0.445. The van der Waals surface area contributed by atoms with E-state index in [1.165, 1.54) is 4.90 Å². The monoisotopic (exact) mass is 398 g/mol. The summed E-state index contributed by atoms with van der Waals surface area (Å²) in [5, 5.41) is 2.85. The van der Waals surface area contributed by atoms with Crippen LogP contribution in [0.15, 0.2) is 47.4 Å². The minimum atomic E-state index is -1.14. The maximum absolute atomic E-state index is 13.2. The number of rotatable bonds is 4. The van der Waals surface area contributed by atoms with Crippen LogP contribution in [0.1, 0.15) is 24.5 Å². The van der Waals surface area contributed by atoms with Crippen LogP contribution in [0.5, 0.6) is 11.5 Å². The first-order valence-corrected chi connectivity index (χ1v) is 10.4. The van der Waals surface area contributed by atoms with E-state index in [-0.39, 0.29) is 12.5 Å². The maximum Gasteiger partial charge on any atom is 0.325 e. The molecule has 2 heterocycles. The third-order valence-corrected chi connectivity index (χ3v) is 5.84. The Bertz CT molecular complexity index is 915. The Labute approximate surface area is 168 Å². The minimum absolute atomic E-state index is 0.236. The number of thioether (sulfide) groups is 1. The lowest BCUT2D eigenvalue weighted by atomic mass is 9.91. The number of ether oxygens (including phenoxy) is 2. The molecule has 4 rings (SSSR count). The molecule has 2 aliphatic rings. The lowest BCUT2D eigenvalue weighted by Gasteiger charge is -2.23. The van der Waals surface area contributed by atoms with Gasteiger partial charge in [0.1, 0.15) is 5.54 Å². The third-order valence-electron chi connectivity index (χ3n) is 5.10. The molecular formula is C21H22N2O4S. The Hall–Kier alpha value is -2.67.